The second-order valence-corrected chi connectivity index (χ2v) is 8.03. The molecule has 0 bridgehead atoms. The number of halogens is 1. The second kappa shape index (κ2) is 7.29. The van der Waals surface area contributed by atoms with Crippen LogP contribution >= 0.6 is 0 Å². The van der Waals surface area contributed by atoms with Crippen LogP contribution in [0.1, 0.15) is 26.2 Å². The van der Waals surface area contributed by atoms with E-state index in [1.807, 2.05) is 0 Å². The average molecular weight is 342 g/mol. The van der Waals surface area contributed by atoms with Crippen LogP contribution in [0.3, 0.4) is 0 Å². The lowest BCUT2D eigenvalue weighted by molar-refractivity contribution is -0.132. The molecule has 1 aliphatic heterocycles. The lowest BCUT2D eigenvalue weighted by Gasteiger charge is -2.32. The van der Waals surface area contributed by atoms with E-state index in [-0.39, 0.29) is 24.6 Å². The number of para-hydroxylation sites is 1. The lowest BCUT2D eigenvalue weighted by Crippen LogP contribution is -2.41. The molecule has 2 rings (SSSR count). The molecule has 7 heteroatoms. The third kappa shape index (κ3) is 4.67. The molecule has 0 N–H and O–H groups in total. The van der Waals surface area contributed by atoms with E-state index in [2.05, 4.69) is 6.92 Å². The minimum atomic E-state index is -3.66. The first-order chi connectivity index (χ1) is 10.8. The van der Waals surface area contributed by atoms with Crippen molar-refractivity contribution in [2.45, 2.75) is 26.2 Å². The molecule has 0 aromatic heterocycles. The monoisotopic (exact) mass is 342 g/mol. The van der Waals surface area contributed by atoms with Crippen molar-refractivity contribution in [2.24, 2.45) is 5.92 Å². The number of carbonyl (C=O) groups excluding carboxylic acids is 1. The van der Waals surface area contributed by atoms with Crippen LogP contribution in [-0.2, 0) is 14.8 Å². The molecule has 1 unspecified atom stereocenters. The summed E-state index contributed by atoms with van der Waals surface area (Å²) in [5.41, 5.74) is -0.0187. The van der Waals surface area contributed by atoms with Crippen LogP contribution in [-0.4, -0.2) is 45.1 Å². The Morgan fingerprint density at radius 2 is 2.09 bits per heavy atom. The van der Waals surface area contributed by atoms with Gasteiger partial charge in [0.2, 0.25) is 15.9 Å². The number of piperidine rings is 1. The molecule has 0 saturated carbocycles. The highest BCUT2D eigenvalue weighted by Crippen LogP contribution is 2.22. The predicted octanol–water partition coefficient (Wildman–Crippen LogP) is 2.24. The maximum absolute atomic E-state index is 13.9. The number of hydrogen-bond donors (Lipinski definition) is 0. The molecule has 23 heavy (non-hydrogen) atoms. The van der Waals surface area contributed by atoms with E-state index < -0.39 is 15.8 Å². The zero-order chi connectivity index (χ0) is 17.0. The number of benzene rings is 1. The molecule has 1 aromatic rings. The lowest BCUT2D eigenvalue weighted by atomic mass is 10.00. The molecule has 1 saturated heterocycles. The number of rotatable bonds is 5. The van der Waals surface area contributed by atoms with Gasteiger partial charge >= 0.3 is 0 Å². The standard InChI is InChI=1S/C16H23FN2O3S/c1-13-6-5-10-18(12-13)16(20)9-11-19(23(2,21)22)15-8-4-3-7-14(15)17/h3-4,7-8,13H,5-6,9-12H2,1-2H3. The first-order valence-corrected chi connectivity index (χ1v) is 9.64. The van der Waals surface area contributed by atoms with Gasteiger partial charge in [-0.15, -0.1) is 0 Å². The first-order valence-electron chi connectivity index (χ1n) is 7.79. The van der Waals surface area contributed by atoms with Crippen LogP contribution in [0.4, 0.5) is 10.1 Å². The van der Waals surface area contributed by atoms with Gasteiger partial charge in [0.15, 0.2) is 0 Å². The molecule has 1 fully saturated rings. The minimum absolute atomic E-state index is 0.0187. The summed E-state index contributed by atoms with van der Waals surface area (Å²) in [7, 11) is -3.66. The van der Waals surface area contributed by atoms with Gasteiger partial charge in [0.1, 0.15) is 5.82 Å². The Balaban J connectivity index is 2.08. The molecule has 1 aromatic carbocycles. The highest BCUT2D eigenvalue weighted by molar-refractivity contribution is 7.92. The van der Waals surface area contributed by atoms with Gasteiger partial charge in [-0.2, -0.15) is 0 Å². The Labute approximate surface area is 137 Å². The van der Waals surface area contributed by atoms with Gasteiger partial charge in [-0.1, -0.05) is 19.1 Å². The van der Waals surface area contributed by atoms with Crippen molar-refractivity contribution in [2.75, 3.05) is 30.2 Å². The summed E-state index contributed by atoms with van der Waals surface area (Å²) in [6.07, 6.45) is 3.14. The van der Waals surface area contributed by atoms with Crippen LogP contribution in [0, 0.1) is 11.7 Å². The zero-order valence-corrected chi connectivity index (χ0v) is 14.4. The van der Waals surface area contributed by atoms with Crippen molar-refractivity contribution in [1.82, 2.24) is 4.90 Å². The molecule has 0 spiro atoms. The summed E-state index contributed by atoms with van der Waals surface area (Å²) < 4.78 is 38.8. The molecule has 128 valence electrons. The summed E-state index contributed by atoms with van der Waals surface area (Å²) in [6.45, 7) is 3.46. The smallest absolute Gasteiger partial charge is 0.232 e. The van der Waals surface area contributed by atoms with Crippen molar-refractivity contribution >= 4 is 21.6 Å². The molecular weight excluding hydrogens is 319 g/mol. The van der Waals surface area contributed by atoms with Crippen LogP contribution in [0.15, 0.2) is 24.3 Å². The minimum Gasteiger partial charge on any atom is -0.342 e. The van der Waals surface area contributed by atoms with E-state index in [4.69, 9.17) is 0 Å². The van der Waals surface area contributed by atoms with Crippen LogP contribution in [0.2, 0.25) is 0 Å². The molecule has 0 radical (unpaired) electrons. The number of carbonyl (C=O) groups is 1. The molecule has 1 aliphatic rings. The number of amides is 1. The Morgan fingerprint density at radius 1 is 1.39 bits per heavy atom. The van der Waals surface area contributed by atoms with E-state index in [1.165, 1.54) is 18.2 Å². The largest absolute Gasteiger partial charge is 0.342 e. The van der Waals surface area contributed by atoms with Gasteiger partial charge in [0.25, 0.3) is 0 Å². The van der Waals surface area contributed by atoms with Crippen molar-refractivity contribution in [3.05, 3.63) is 30.1 Å². The van der Waals surface area contributed by atoms with Gasteiger partial charge in [0, 0.05) is 26.1 Å². The van der Waals surface area contributed by atoms with Crippen molar-refractivity contribution in [1.29, 1.82) is 0 Å². The third-order valence-electron chi connectivity index (χ3n) is 4.06. The van der Waals surface area contributed by atoms with E-state index in [0.29, 0.717) is 19.0 Å². The van der Waals surface area contributed by atoms with Crippen molar-refractivity contribution < 1.29 is 17.6 Å². The van der Waals surface area contributed by atoms with E-state index in [0.717, 1.165) is 23.4 Å². The molecule has 1 heterocycles. The Kier molecular flexibility index (Phi) is 5.62. The Hall–Kier alpha value is -1.63. The zero-order valence-electron chi connectivity index (χ0n) is 13.5. The molecule has 5 nitrogen and oxygen atoms in total. The van der Waals surface area contributed by atoms with Gasteiger partial charge in [0.05, 0.1) is 11.9 Å². The van der Waals surface area contributed by atoms with Crippen LogP contribution < -0.4 is 4.31 Å². The van der Waals surface area contributed by atoms with E-state index in [9.17, 15) is 17.6 Å². The fourth-order valence-corrected chi connectivity index (χ4v) is 3.82. The fraction of sp³-hybridized carbons (Fsp3) is 0.562. The number of likely N-dealkylation sites (tertiary alicyclic amines) is 1. The number of sulfonamides is 1. The van der Waals surface area contributed by atoms with E-state index >= 15 is 0 Å². The maximum Gasteiger partial charge on any atom is 0.232 e. The quantitative estimate of drug-likeness (QED) is 0.824. The number of nitrogens with zero attached hydrogens (tertiary/aromatic N) is 2. The predicted molar refractivity (Wildman–Crippen MR) is 88.2 cm³/mol. The highest BCUT2D eigenvalue weighted by atomic mass is 32.2. The average Bonchev–Trinajstić information content (AvgIpc) is 2.47. The molecule has 1 amide bonds. The van der Waals surface area contributed by atoms with Gasteiger partial charge in [-0.25, -0.2) is 12.8 Å². The van der Waals surface area contributed by atoms with Crippen molar-refractivity contribution in [3.63, 3.8) is 0 Å². The number of anilines is 1. The topological polar surface area (TPSA) is 57.7 Å². The van der Waals surface area contributed by atoms with E-state index in [1.54, 1.807) is 11.0 Å². The molecule has 0 aliphatic carbocycles. The third-order valence-corrected chi connectivity index (χ3v) is 5.24. The summed E-state index contributed by atoms with van der Waals surface area (Å²) in [6, 6.07) is 5.69. The molecular formula is C16H23FN2O3S. The van der Waals surface area contributed by atoms with Crippen LogP contribution in [0.25, 0.3) is 0 Å². The van der Waals surface area contributed by atoms with Gasteiger partial charge < -0.3 is 4.90 Å². The number of hydrogen-bond acceptors (Lipinski definition) is 3. The first kappa shape index (κ1) is 17.7. The van der Waals surface area contributed by atoms with Gasteiger partial charge in [-0.05, 0) is 30.9 Å². The Bertz CT molecular complexity index is 663. The fourth-order valence-electron chi connectivity index (χ4n) is 2.89. The van der Waals surface area contributed by atoms with Crippen molar-refractivity contribution in [3.8, 4) is 0 Å². The maximum atomic E-state index is 13.9. The van der Waals surface area contributed by atoms with Gasteiger partial charge in [-0.3, -0.25) is 9.10 Å². The SMILES string of the molecule is CC1CCCN(C(=O)CCN(c2ccccc2F)S(C)(=O)=O)C1. The van der Waals surface area contributed by atoms with Crippen LogP contribution in [0.5, 0.6) is 0 Å². The molecule has 1 atom stereocenters. The summed E-state index contributed by atoms with van der Waals surface area (Å²) in [4.78, 5) is 14.1. The second-order valence-electron chi connectivity index (χ2n) is 6.12. The normalized spacial score (nSPS) is 18.7. The summed E-state index contributed by atoms with van der Waals surface area (Å²) in [5.74, 6) is -0.233. The summed E-state index contributed by atoms with van der Waals surface area (Å²) in [5, 5.41) is 0. The summed E-state index contributed by atoms with van der Waals surface area (Å²) >= 11 is 0. The highest BCUT2D eigenvalue weighted by Gasteiger charge is 2.25. The Morgan fingerprint density at radius 3 is 2.70 bits per heavy atom.